The number of carbonyl (C=O) groups excluding carboxylic acids is 1. The lowest BCUT2D eigenvalue weighted by Crippen LogP contribution is -2.24. The van der Waals surface area contributed by atoms with Gasteiger partial charge in [0.2, 0.25) is 11.1 Å². The molecule has 8 heteroatoms. The molecular weight excluding hydrogens is 366 g/mol. The number of carbonyl (C=O) groups is 1. The quantitative estimate of drug-likeness (QED) is 0.519. The Kier molecular flexibility index (Phi) is 4.94. The van der Waals surface area contributed by atoms with Crippen LogP contribution in [0.1, 0.15) is 5.56 Å². The Hall–Kier alpha value is -2.71. The Morgan fingerprint density at radius 2 is 1.96 bits per heavy atom. The highest BCUT2D eigenvalue weighted by Gasteiger charge is 2.12. The summed E-state index contributed by atoms with van der Waals surface area (Å²) < 4.78 is 1.68. The average molecular weight is 381 g/mol. The fourth-order valence-electron chi connectivity index (χ4n) is 2.39. The SMILES string of the molecule is O=C(CSc1nnc2ccc(-c3cccs3)nn12)NCc1ccccc1. The van der Waals surface area contributed by atoms with Crippen LogP contribution in [0.2, 0.25) is 0 Å². The first-order chi connectivity index (χ1) is 12.8. The van der Waals surface area contributed by atoms with E-state index in [1.165, 1.54) is 11.8 Å². The van der Waals surface area contributed by atoms with E-state index in [0.717, 1.165) is 16.1 Å². The number of aromatic nitrogens is 4. The van der Waals surface area contributed by atoms with Crippen LogP contribution >= 0.6 is 23.1 Å². The van der Waals surface area contributed by atoms with E-state index in [0.29, 0.717) is 17.3 Å². The third kappa shape index (κ3) is 3.76. The molecule has 0 aliphatic rings. The van der Waals surface area contributed by atoms with E-state index in [1.54, 1.807) is 15.9 Å². The zero-order chi connectivity index (χ0) is 17.8. The van der Waals surface area contributed by atoms with Crippen LogP contribution in [0.5, 0.6) is 0 Å². The molecule has 1 amide bonds. The minimum Gasteiger partial charge on any atom is -0.351 e. The monoisotopic (exact) mass is 381 g/mol. The molecule has 0 aliphatic carbocycles. The van der Waals surface area contributed by atoms with Crippen LogP contribution < -0.4 is 5.32 Å². The summed E-state index contributed by atoms with van der Waals surface area (Å²) in [5.74, 6) is 0.212. The van der Waals surface area contributed by atoms with Gasteiger partial charge in [0.1, 0.15) is 5.69 Å². The van der Waals surface area contributed by atoms with Crippen LogP contribution in [0.4, 0.5) is 0 Å². The normalized spacial score (nSPS) is 10.9. The first-order valence-electron chi connectivity index (χ1n) is 7.99. The summed E-state index contributed by atoms with van der Waals surface area (Å²) in [6.07, 6.45) is 0. The number of nitrogens with one attached hydrogen (secondary N) is 1. The zero-order valence-corrected chi connectivity index (χ0v) is 15.3. The molecule has 130 valence electrons. The highest BCUT2D eigenvalue weighted by atomic mass is 32.2. The van der Waals surface area contributed by atoms with Crippen LogP contribution in [0.15, 0.2) is 65.1 Å². The topological polar surface area (TPSA) is 72.2 Å². The molecule has 0 radical (unpaired) electrons. The molecule has 6 nitrogen and oxygen atoms in total. The maximum atomic E-state index is 12.1. The molecule has 0 fully saturated rings. The smallest absolute Gasteiger partial charge is 0.230 e. The predicted molar refractivity (Wildman–Crippen MR) is 103 cm³/mol. The average Bonchev–Trinajstić information content (AvgIpc) is 3.35. The molecular formula is C18H15N5OS2. The van der Waals surface area contributed by atoms with E-state index in [9.17, 15) is 4.79 Å². The van der Waals surface area contributed by atoms with Crippen molar-refractivity contribution < 1.29 is 4.79 Å². The van der Waals surface area contributed by atoms with Crippen LogP contribution in [-0.4, -0.2) is 31.5 Å². The third-order valence-corrected chi connectivity index (χ3v) is 5.48. The number of rotatable bonds is 6. The molecule has 0 unspecified atom stereocenters. The van der Waals surface area contributed by atoms with Gasteiger partial charge in [0.25, 0.3) is 0 Å². The van der Waals surface area contributed by atoms with Gasteiger partial charge in [0.15, 0.2) is 5.65 Å². The van der Waals surface area contributed by atoms with Crippen molar-refractivity contribution in [2.45, 2.75) is 11.7 Å². The lowest BCUT2D eigenvalue weighted by molar-refractivity contribution is -0.118. The molecule has 4 aromatic rings. The number of hydrogen-bond donors (Lipinski definition) is 1. The lowest BCUT2D eigenvalue weighted by Gasteiger charge is -2.05. The first-order valence-corrected chi connectivity index (χ1v) is 9.86. The molecule has 26 heavy (non-hydrogen) atoms. The largest absolute Gasteiger partial charge is 0.351 e. The first kappa shape index (κ1) is 16.7. The van der Waals surface area contributed by atoms with Gasteiger partial charge in [-0.25, -0.2) is 0 Å². The molecule has 0 saturated heterocycles. The van der Waals surface area contributed by atoms with E-state index in [2.05, 4.69) is 20.6 Å². The van der Waals surface area contributed by atoms with E-state index >= 15 is 0 Å². The summed E-state index contributed by atoms with van der Waals surface area (Å²) in [4.78, 5) is 13.2. The van der Waals surface area contributed by atoms with Gasteiger partial charge in [-0.3, -0.25) is 4.79 Å². The number of nitrogens with zero attached hydrogens (tertiary/aromatic N) is 4. The molecule has 1 aromatic carbocycles. The van der Waals surface area contributed by atoms with Gasteiger partial charge in [-0.15, -0.1) is 21.5 Å². The Balaban J connectivity index is 1.42. The number of hydrogen-bond acceptors (Lipinski definition) is 6. The third-order valence-electron chi connectivity index (χ3n) is 3.67. The Bertz CT molecular complexity index is 1010. The maximum Gasteiger partial charge on any atom is 0.230 e. The van der Waals surface area contributed by atoms with Gasteiger partial charge in [-0.05, 0) is 29.1 Å². The molecule has 3 aromatic heterocycles. The summed E-state index contributed by atoms with van der Waals surface area (Å²) >= 11 is 2.95. The van der Waals surface area contributed by atoms with Crippen molar-refractivity contribution in [3.05, 3.63) is 65.5 Å². The predicted octanol–water partition coefficient (Wildman–Crippen LogP) is 3.26. The van der Waals surface area contributed by atoms with Crippen molar-refractivity contribution in [3.63, 3.8) is 0 Å². The van der Waals surface area contributed by atoms with Crippen molar-refractivity contribution >= 4 is 34.7 Å². The lowest BCUT2D eigenvalue weighted by atomic mass is 10.2. The number of benzene rings is 1. The molecule has 4 rings (SSSR count). The summed E-state index contributed by atoms with van der Waals surface area (Å²) in [6, 6.07) is 17.6. The fourth-order valence-corrected chi connectivity index (χ4v) is 3.80. The molecule has 1 N–H and O–H groups in total. The summed E-state index contributed by atoms with van der Waals surface area (Å²) in [5, 5.41) is 18.4. The Morgan fingerprint density at radius 3 is 2.77 bits per heavy atom. The van der Waals surface area contributed by atoms with Gasteiger partial charge in [0.05, 0.1) is 10.6 Å². The number of amides is 1. The number of thiophene rings is 1. The van der Waals surface area contributed by atoms with Crippen LogP contribution in [0.25, 0.3) is 16.2 Å². The van der Waals surface area contributed by atoms with Crippen LogP contribution in [0, 0.1) is 0 Å². The standard InChI is InChI=1S/C18H15N5OS2/c24-17(19-11-13-5-2-1-3-6-13)12-26-18-21-20-16-9-8-14(22-23(16)18)15-7-4-10-25-15/h1-10H,11-12H2,(H,19,24). The summed E-state index contributed by atoms with van der Waals surface area (Å²) in [7, 11) is 0. The van der Waals surface area contributed by atoms with Crippen molar-refractivity contribution in [2.24, 2.45) is 0 Å². The van der Waals surface area contributed by atoms with Crippen molar-refractivity contribution in [1.29, 1.82) is 0 Å². The highest BCUT2D eigenvalue weighted by molar-refractivity contribution is 7.99. The van der Waals surface area contributed by atoms with Gasteiger partial charge < -0.3 is 5.32 Å². The van der Waals surface area contributed by atoms with E-state index in [1.807, 2.05) is 60.0 Å². The molecule has 3 heterocycles. The van der Waals surface area contributed by atoms with E-state index < -0.39 is 0 Å². The second kappa shape index (κ2) is 7.67. The zero-order valence-electron chi connectivity index (χ0n) is 13.7. The Morgan fingerprint density at radius 1 is 1.08 bits per heavy atom. The molecule has 0 saturated carbocycles. The van der Waals surface area contributed by atoms with Crippen molar-refractivity contribution in [2.75, 3.05) is 5.75 Å². The minimum absolute atomic E-state index is 0.0509. The molecule has 0 aliphatic heterocycles. The molecule has 0 atom stereocenters. The van der Waals surface area contributed by atoms with Gasteiger partial charge in [-0.2, -0.15) is 9.61 Å². The number of fused-ring (bicyclic) bond motifs is 1. The summed E-state index contributed by atoms with van der Waals surface area (Å²) in [5.41, 5.74) is 2.60. The van der Waals surface area contributed by atoms with Crippen molar-refractivity contribution in [1.82, 2.24) is 25.1 Å². The highest BCUT2D eigenvalue weighted by Crippen LogP contribution is 2.24. The van der Waals surface area contributed by atoms with Crippen LogP contribution in [0.3, 0.4) is 0 Å². The van der Waals surface area contributed by atoms with Crippen molar-refractivity contribution in [3.8, 4) is 10.6 Å². The molecule has 0 bridgehead atoms. The van der Waals surface area contributed by atoms with E-state index in [4.69, 9.17) is 0 Å². The maximum absolute atomic E-state index is 12.1. The molecule has 0 spiro atoms. The fraction of sp³-hybridized carbons (Fsp3) is 0.111. The van der Waals surface area contributed by atoms with Gasteiger partial charge in [-0.1, -0.05) is 48.2 Å². The Labute approximate surface area is 158 Å². The van der Waals surface area contributed by atoms with Crippen LogP contribution in [-0.2, 0) is 11.3 Å². The minimum atomic E-state index is -0.0509. The van der Waals surface area contributed by atoms with Gasteiger partial charge >= 0.3 is 0 Å². The number of thioether (sulfide) groups is 1. The summed E-state index contributed by atoms with van der Waals surface area (Å²) in [6.45, 7) is 0.515. The second-order valence-electron chi connectivity index (χ2n) is 5.50. The second-order valence-corrected chi connectivity index (χ2v) is 7.39. The van der Waals surface area contributed by atoms with Gasteiger partial charge in [0, 0.05) is 6.54 Å². The van der Waals surface area contributed by atoms with E-state index in [-0.39, 0.29) is 11.7 Å².